The zero-order chi connectivity index (χ0) is 10.6. The Bertz CT molecular complexity index is 336. The number of carbonyl (C=O) groups is 1. The lowest BCUT2D eigenvalue weighted by atomic mass is 10.00. The fraction of sp³-hybridized carbons (Fsp3) is 0.222. The Morgan fingerprint density at radius 2 is 2.00 bits per heavy atom. The largest absolute Gasteiger partial charge is 0.481 e. The van der Waals surface area contributed by atoms with Crippen molar-refractivity contribution in [1.82, 2.24) is 0 Å². The molecule has 1 rings (SSSR count). The maximum absolute atomic E-state index is 10.7. The molecule has 0 fully saturated rings. The van der Waals surface area contributed by atoms with Gasteiger partial charge < -0.3 is 5.11 Å². The van der Waals surface area contributed by atoms with Crippen molar-refractivity contribution < 1.29 is 14.8 Å². The summed E-state index contributed by atoms with van der Waals surface area (Å²) in [5.74, 6) is -2.24. The van der Waals surface area contributed by atoms with Gasteiger partial charge in [0, 0.05) is 4.92 Å². The van der Waals surface area contributed by atoms with Gasteiger partial charge in [-0.3, -0.25) is 14.9 Å². The van der Waals surface area contributed by atoms with Crippen LogP contribution in [-0.4, -0.2) is 22.5 Å². The third-order valence-electron chi connectivity index (χ3n) is 1.83. The maximum atomic E-state index is 10.7. The summed E-state index contributed by atoms with van der Waals surface area (Å²) < 4.78 is 0. The second-order valence-electron chi connectivity index (χ2n) is 2.82. The average molecular weight is 195 g/mol. The first-order valence-corrected chi connectivity index (χ1v) is 4.01. The van der Waals surface area contributed by atoms with E-state index in [0.29, 0.717) is 5.56 Å². The summed E-state index contributed by atoms with van der Waals surface area (Å²) in [4.78, 5) is 20.3. The number of rotatable bonds is 4. The molecule has 0 aromatic heterocycles. The van der Waals surface area contributed by atoms with Gasteiger partial charge in [0.1, 0.15) is 5.92 Å². The van der Waals surface area contributed by atoms with Gasteiger partial charge in [0.05, 0.1) is 0 Å². The van der Waals surface area contributed by atoms with Crippen LogP contribution in [0.25, 0.3) is 0 Å². The summed E-state index contributed by atoms with van der Waals surface area (Å²) in [6.07, 6.45) is 0. The molecule has 5 heteroatoms. The summed E-state index contributed by atoms with van der Waals surface area (Å²) in [6.45, 7) is -0.584. The van der Waals surface area contributed by atoms with Gasteiger partial charge in [0.15, 0.2) is 0 Å². The Morgan fingerprint density at radius 1 is 1.43 bits per heavy atom. The normalized spacial score (nSPS) is 12.0. The van der Waals surface area contributed by atoms with Crippen molar-refractivity contribution >= 4 is 5.97 Å². The van der Waals surface area contributed by atoms with Crippen molar-refractivity contribution in [2.75, 3.05) is 6.54 Å². The molecule has 0 aliphatic rings. The van der Waals surface area contributed by atoms with E-state index in [4.69, 9.17) is 5.11 Å². The summed E-state index contributed by atoms with van der Waals surface area (Å²) >= 11 is 0. The lowest BCUT2D eigenvalue weighted by molar-refractivity contribution is -0.481. The van der Waals surface area contributed by atoms with E-state index in [1.54, 1.807) is 30.3 Å². The number of carboxylic acids is 1. The van der Waals surface area contributed by atoms with Crippen LogP contribution in [-0.2, 0) is 4.79 Å². The van der Waals surface area contributed by atoms with Crippen LogP contribution in [0.5, 0.6) is 0 Å². The minimum absolute atomic E-state index is 0.455. The van der Waals surface area contributed by atoms with Crippen LogP contribution in [0.4, 0.5) is 0 Å². The van der Waals surface area contributed by atoms with Crippen molar-refractivity contribution in [1.29, 1.82) is 0 Å². The van der Waals surface area contributed by atoms with Gasteiger partial charge >= 0.3 is 5.97 Å². The molecule has 1 N–H and O–H groups in total. The SMILES string of the molecule is O=C(O)C(C[N+](=O)[O-])c1ccccc1. The second kappa shape index (κ2) is 4.36. The highest BCUT2D eigenvalue weighted by molar-refractivity contribution is 5.76. The van der Waals surface area contributed by atoms with E-state index in [1.165, 1.54) is 0 Å². The molecular formula is C9H9NO4. The van der Waals surface area contributed by atoms with Crippen molar-refractivity contribution in [3.05, 3.63) is 46.0 Å². The molecule has 5 nitrogen and oxygen atoms in total. The molecule has 74 valence electrons. The van der Waals surface area contributed by atoms with Crippen molar-refractivity contribution in [3.63, 3.8) is 0 Å². The van der Waals surface area contributed by atoms with Gasteiger partial charge in [-0.15, -0.1) is 0 Å². The minimum atomic E-state index is -1.17. The molecule has 0 spiro atoms. The zero-order valence-corrected chi connectivity index (χ0v) is 7.29. The Labute approximate surface area is 80.1 Å². The summed E-state index contributed by atoms with van der Waals surface area (Å²) in [6, 6.07) is 8.19. The van der Waals surface area contributed by atoms with Gasteiger partial charge in [0.2, 0.25) is 6.54 Å². The van der Waals surface area contributed by atoms with Gasteiger partial charge in [-0.05, 0) is 5.56 Å². The van der Waals surface area contributed by atoms with Gasteiger partial charge in [0.25, 0.3) is 0 Å². The summed E-state index contributed by atoms with van der Waals surface area (Å²) in [7, 11) is 0. The predicted octanol–water partition coefficient (Wildman–Crippen LogP) is 1.13. The molecule has 0 saturated heterocycles. The standard InChI is InChI=1S/C9H9NO4/c11-9(12)8(6-10(13)14)7-4-2-1-3-5-7/h1-5,8H,6H2,(H,11,12). The molecule has 0 aliphatic heterocycles. The third kappa shape index (κ3) is 2.55. The smallest absolute Gasteiger partial charge is 0.317 e. The number of nitrogens with zero attached hydrogens (tertiary/aromatic N) is 1. The molecule has 14 heavy (non-hydrogen) atoms. The number of aliphatic carboxylic acids is 1. The Morgan fingerprint density at radius 3 is 2.43 bits per heavy atom. The molecular weight excluding hydrogens is 186 g/mol. The van der Waals surface area contributed by atoms with E-state index in [9.17, 15) is 14.9 Å². The third-order valence-corrected chi connectivity index (χ3v) is 1.83. The van der Waals surface area contributed by atoms with Crippen LogP contribution >= 0.6 is 0 Å². The first-order chi connectivity index (χ1) is 6.61. The van der Waals surface area contributed by atoms with Crippen LogP contribution in [0.2, 0.25) is 0 Å². The molecule has 1 atom stereocenters. The summed E-state index contributed by atoms with van der Waals surface area (Å²) in [5.41, 5.74) is 0.455. The molecule has 1 aromatic rings. The van der Waals surface area contributed by atoms with E-state index in [-0.39, 0.29) is 0 Å². The molecule has 0 saturated carbocycles. The van der Waals surface area contributed by atoms with Crippen LogP contribution in [0.15, 0.2) is 30.3 Å². The molecule has 1 unspecified atom stereocenters. The Balaban J connectivity index is 2.89. The zero-order valence-electron chi connectivity index (χ0n) is 7.29. The van der Waals surface area contributed by atoms with Gasteiger partial charge in [-0.25, -0.2) is 0 Å². The highest BCUT2D eigenvalue weighted by Gasteiger charge is 2.24. The average Bonchev–Trinajstić information content (AvgIpc) is 2.15. The Hall–Kier alpha value is -1.91. The number of benzene rings is 1. The maximum Gasteiger partial charge on any atom is 0.317 e. The highest BCUT2D eigenvalue weighted by Crippen LogP contribution is 2.15. The number of hydrogen-bond donors (Lipinski definition) is 1. The molecule has 0 heterocycles. The molecule has 0 radical (unpaired) electrons. The first-order valence-electron chi connectivity index (χ1n) is 4.01. The molecule has 0 aliphatic carbocycles. The fourth-order valence-corrected chi connectivity index (χ4v) is 1.16. The van der Waals surface area contributed by atoms with Gasteiger partial charge in [-0.2, -0.15) is 0 Å². The van der Waals surface area contributed by atoms with E-state index >= 15 is 0 Å². The summed E-state index contributed by atoms with van der Waals surface area (Å²) in [5, 5.41) is 19.0. The highest BCUT2D eigenvalue weighted by atomic mass is 16.6. The van der Waals surface area contributed by atoms with Crippen LogP contribution in [0, 0.1) is 10.1 Å². The van der Waals surface area contributed by atoms with Crippen LogP contribution < -0.4 is 0 Å². The minimum Gasteiger partial charge on any atom is -0.481 e. The molecule has 0 bridgehead atoms. The fourth-order valence-electron chi connectivity index (χ4n) is 1.16. The van der Waals surface area contributed by atoms with E-state index in [1.807, 2.05) is 0 Å². The second-order valence-corrected chi connectivity index (χ2v) is 2.82. The topological polar surface area (TPSA) is 80.4 Å². The van der Waals surface area contributed by atoms with Crippen LogP contribution in [0.3, 0.4) is 0 Å². The molecule has 0 amide bonds. The number of hydrogen-bond acceptors (Lipinski definition) is 3. The van der Waals surface area contributed by atoms with Crippen molar-refractivity contribution in [3.8, 4) is 0 Å². The van der Waals surface area contributed by atoms with E-state index < -0.39 is 23.4 Å². The van der Waals surface area contributed by atoms with Crippen LogP contribution in [0.1, 0.15) is 11.5 Å². The van der Waals surface area contributed by atoms with E-state index in [2.05, 4.69) is 0 Å². The van der Waals surface area contributed by atoms with Crippen molar-refractivity contribution in [2.24, 2.45) is 0 Å². The lowest BCUT2D eigenvalue weighted by Crippen LogP contribution is -2.20. The quantitative estimate of drug-likeness (QED) is 0.576. The van der Waals surface area contributed by atoms with Crippen molar-refractivity contribution in [2.45, 2.75) is 5.92 Å². The lowest BCUT2D eigenvalue weighted by Gasteiger charge is -2.07. The molecule has 1 aromatic carbocycles. The number of carboxylic acid groups (broad SMARTS) is 1. The first kappa shape index (κ1) is 10.2. The Kier molecular flexibility index (Phi) is 3.17. The predicted molar refractivity (Wildman–Crippen MR) is 48.7 cm³/mol. The number of nitro groups is 1. The van der Waals surface area contributed by atoms with Gasteiger partial charge in [-0.1, -0.05) is 30.3 Å². The van der Waals surface area contributed by atoms with E-state index in [0.717, 1.165) is 0 Å². The monoisotopic (exact) mass is 195 g/mol.